The van der Waals surface area contributed by atoms with Crippen molar-refractivity contribution in [2.45, 2.75) is 6.42 Å². The SMILES string of the molecule is COc1cccc(OCCc2nnc3sc(N)nn23)c1. The summed E-state index contributed by atoms with van der Waals surface area (Å²) >= 11 is 1.31. The molecule has 8 heteroatoms. The largest absolute Gasteiger partial charge is 0.497 e. The van der Waals surface area contributed by atoms with Crippen LogP contribution in [0.4, 0.5) is 5.13 Å². The lowest BCUT2D eigenvalue weighted by Gasteiger charge is -2.06. The molecule has 1 aromatic carbocycles. The van der Waals surface area contributed by atoms with Crippen LogP contribution in [0, 0.1) is 0 Å². The van der Waals surface area contributed by atoms with Gasteiger partial charge in [-0.3, -0.25) is 0 Å². The number of hydrogen-bond acceptors (Lipinski definition) is 7. The van der Waals surface area contributed by atoms with Crippen molar-refractivity contribution in [3.8, 4) is 11.5 Å². The zero-order valence-corrected chi connectivity index (χ0v) is 11.6. The first-order chi connectivity index (χ1) is 9.76. The van der Waals surface area contributed by atoms with Crippen LogP contribution in [0.3, 0.4) is 0 Å². The van der Waals surface area contributed by atoms with E-state index in [1.54, 1.807) is 11.6 Å². The van der Waals surface area contributed by atoms with Gasteiger partial charge in [-0.2, -0.15) is 4.52 Å². The maximum absolute atomic E-state index is 5.66. The molecule has 3 rings (SSSR count). The fraction of sp³-hybridized carbons (Fsp3) is 0.250. The Hall–Kier alpha value is -2.35. The summed E-state index contributed by atoms with van der Waals surface area (Å²) in [5, 5.41) is 12.7. The molecular formula is C12H13N5O2S. The third kappa shape index (κ3) is 2.50. The fourth-order valence-electron chi connectivity index (χ4n) is 1.78. The second kappa shape index (κ2) is 5.33. The van der Waals surface area contributed by atoms with Crippen LogP contribution < -0.4 is 15.2 Å². The molecule has 7 nitrogen and oxygen atoms in total. The third-order valence-corrected chi connectivity index (χ3v) is 3.43. The van der Waals surface area contributed by atoms with Crippen LogP contribution in [0.25, 0.3) is 4.96 Å². The Kier molecular flexibility index (Phi) is 3.38. The van der Waals surface area contributed by atoms with Gasteiger partial charge in [0.2, 0.25) is 10.1 Å². The van der Waals surface area contributed by atoms with Crippen molar-refractivity contribution in [2.24, 2.45) is 0 Å². The molecule has 0 bridgehead atoms. The van der Waals surface area contributed by atoms with Gasteiger partial charge in [0, 0.05) is 12.5 Å². The molecule has 2 heterocycles. The molecule has 0 aliphatic carbocycles. The van der Waals surface area contributed by atoms with E-state index in [-0.39, 0.29) is 0 Å². The van der Waals surface area contributed by atoms with E-state index >= 15 is 0 Å². The Labute approximate surface area is 119 Å². The highest BCUT2D eigenvalue weighted by Crippen LogP contribution is 2.19. The predicted molar refractivity (Wildman–Crippen MR) is 75.3 cm³/mol. The molecule has 0 amide bonds. The van der Waals surface area contributed by atoms with Crippen LogP contribution >= 0.6 is 11.3 Å². The fourth-order valence-corrected chi connectivity index (χ4v) is 2.40. The molecule has 104 valence electrons. The van der Waals surface area contributed by atoms with Crippen molar-refractivity contribution >= 4 is 21.4 Å². The van der Waals surface area contributed by atoms with Crippen molar-refractivity contribution in [3.05, 3.63) is 30.1 Å². The lowest BCUT2D eigenvalue weighted by molar-refractivity contribution is 0.315. The van der Waals surface area contributed by atoms with Gasteiger partial charge in [0.15, 0.2) is 5.82 Å². The van der Waals surface area contributed by atoms with E-state index in [0.717, 1.165) is 17.3 Å². The van der Waals surface area contributed by atoms with Crippen LogP contribution in [0.5, 0.6) is 11.5 Å². The lowest BCUT2D eigenvalue weighted by atomic mass is 10.3. The number of methoxy groups -OCH3 is 1. The molecule has 20 heavy (non-hydrogen) atoms. The molecule has 0 aliphatic heterocycles. The lowest BCUT2D eigenvalue weighted by Crippen LogP contribution is -2.05. The van der Waals surface area contributed by atoms with Crippen LogP contribution in [0.2, 0.25) is 0 Å². The molecule has 0 atom stereocenters. The molecule has 0 fully saturated rings. The zero-order chi connectivity index (χ0) is 13.9. The highest BCUT2D eigenvalue weighted by atomic mass is 32.1. The van der Waals surface area contributed by atoms with E-state index in [1.165, 1.54) is 11.3 Å². The standard InChI is InChI=1S/C12H13N5O2S/c1-18-8-3-2-4-9(7-8)19-6-5-10-14-15-12-17(10)16-11(13)20-12/h2-4,7H,5-6H2,1H3,(H2,13,16). The van der Waals surface area contributed by atoms with Crippen molar-refractivity contribution in [1.29, 1.82) is 0 Å². The molecule has 0 saturated carbocycles. The number of nitrogens with zero attached hydrogens (tertiary/aromatic N) is 4. The Balaban J connectivity index is 1.64. The van der Waals surface area contributed by atoms with Crippen molar-refractivity contribution in [2.75, 3.05) is 19.5 Å². The molecule has 0 radical (unpaired) electrons. The maximum atomic E-state index is 5.66. The van der Waals surface area contributed by atoms with E-state index < -0.39 is 0 Å². The summed E-state index contributed by atoms with van der Waals surface area (Å²) in [5.41, 5.74) is 5.63. The Bertz CT molecular complexity index is 724. The van der Waals surface area contributed by atoms with E-state index in [4.69, 9.17) is 15.2 Å². The average molecular weight is 291 g/mol. The summed E-state index contributed by atoms with van der Waals surface area (Å²) < 4.78 is 12.4. The highest BCUT2D eigenvalue weighted by Gasteiger charge is 2.10. The number of nitrogens with two attached hydrogens (primary N) is 1. The predicted octanol–water partition coefficient (Wildman–Crippen LogP) is 1.40. The number of hydrogen-bond donors (Lipinski definition) is 1. The van der Waals surface area contributed by atoms with Gasteiger partial charge in [-0.05, 0) is 12.1 Å². The Morgan fingerprint density at radius 3 is 3.00 bits per heavy atom. The van der Waals surface area contributed by atoms with Crippen molar-refractivity contribution < 1.29 is 9.47 Å². The van der Waals surface area contributed by atoms with Crippen molar-refractivity contribution in [3.63, 3.8) is 0 Å². The smallest absolute Gasteiger partial charge is 0.236 e. The number of benzene rings is 1. The normalized spacial score (nSPS) is 10.8. The number of ether oxygens (including phenoxy) is 2. The summed E-state index contributed by atoms with van der Waals surface area (Å²) in [4.78, 5) is 0.693. The molecular weight excluding hydrogens is 278 g/mol. The number of nitrogen functional groups attached to an aromatic ring is 1. The minimum absolute atomic E-state index is 0.477. The monoisotopic (exact) mass is 291 g/mol. The van der Waals surface area contributed by atoms with Crippen LogP contribution in [0.15, 0.2) is 24.3 Å². The first-order valence-corrected chi connectivity index (χ1v) is 6.81. The van der Waals surface area contributed by atoms with Gasteiger partial charge in [0.1, 0.15) is 11.5 Å². The summed E-state index contributed by atoms with van der Waals surface area (Å²) in [5.74, 6) is 2.25. The Morgan fingerprint density at radius 2 is 2.15 bits per heavy atom. The van der Waals surface area contributed by atoms with Gasteiger partial charge in [0.25, 0.3) is 0 Å². The van der Waals surface area contributed by atoms with E-state index in [1.807, 2.05) is 24.3 Å². The number of fused-ring (bicyclic) bond motifs is 1. The number of rotatable bonds is 5. The van der Waals surface area contributed by atoms with Crippen molar-refractivity contribution in [1.82, 2.24) is 19.8 Å². The van der Waals surface area contributed by atoms with Gasteiger partial charge in [-0.1, -0.05) is 17.4 Å². The zero-order valence-electron chi connectivity index (χ0n) is 10.8. The Morgan fingerprint density at radius 1 is 1.30 bits per heavy atom. The summed E-state index contributed by atoms with van der Waals surface area (Å²) in [6, 6.07) is 7.46. The second-order valence-corrected chi connectivity index (χ2v) is 5.02. The van der Waals surface area contributed by atoms with Gasteiger partial charge in [0.05, 0.1) is 13.7 Å². The maximum Gasteiger partial charge on any atom is 0.236 e. The van der Waals surface area contributed by atoms with Gasteiger partial charge in [-0.25, -0.2) is 0 Å². The molecule has 0 saturated heterocycles. The van der Waals surface area contributed by atoms with Gasteiger partial charge < -0.3 is 15.2 Å². The van der Waals surface area contributed by atoms with E-state index in [2.05, 4.69) is 15.3 Å². The molecule has 3 aromatic rings. The second-order valence-electron chi connectivity index (χ2n) is 4.03. The first kappa shape index (κ1) is 12.7. The highest BCUT2D eigenvalue weighted by molar-refractivity contribution is 7.20. The summed E-state index contributed by atoms with van der Waals surface area (Å²) in [6.45, 7) is 0.478. The van der Waals surface area contributed by atoms with E-state index in [9.17, 15) is 0 Å². The molecule has 0 aliphatic rings. The van der Waals surface area contributed by atoms with Gasteiger partial charge >= 0.3 is 0 Å². The summed E-state index contributed by atoms with van der Waals surface area (Å²) in [6.07, 6.45) is 0.599. The van der Waals surface area contributed by atoms with Gasteiger partial charge in [-0.15, -0.1) is 15.3 Å². The third-order valence-electron chi connectivity index (χ3n) is 2.71. The minimum Gasteiger partial charge on any atom is -0.497 e. The molecule has 2 aromatic heterocycles. The van der Waals surface area contributed by atoms with Crippen LogP contribution in [0.1, 0.15) is 5.82 Å². The quantitative estimate of drug-likeness (QED) is 0.764. The molecule has 0 unspecified atom stereocenters. The van der Waals surface area contributed by atoms with Crippen LogP contribution in [-0.4, -0.2) is 33.5 Å². The molecule has 2 N–H and O–H groups in total. The molecule has 0 spiro atoms. The number of aromatic nitrogens is 4. The topological polar surface area (TPSA) is 87.6 Å². The van der Waals surface area contributed by atoms with Crippen LogP contribution in [-0.2, 0) is 6.42 Å². The first-order valence-electron chi connectivity index (χ1n) is 6.00. The summed E-state index contributed by atoms with van der Waals surface area (Å²) in [7, 11) is 1.62. The van der Waals surface area contributed by atoms with E-state index in [0.29, 0.717) is 23.1 Å². The minimum atomic E-state index is 0.477. The number of anilines is 1. The average Bonchev–Trinajstić information content (AvgIpc) is 2.99.